The van der Waals surface area contributed by atoms with Crippen molar-refractivity contribution in [2.75, 3.05) is 13.1 Å². The molecule has 1 fully saturated rings. The molecule has 1 saturated heterocycles. The minimum atomic E-state index is -0.394. The first-order valence-electron chi connectivity index (χ1n) is 5.30. The lowest BCUT2D eigenvalue weighted by Gasteiger charge is -2.28. The normalized spacial score (nSPS) is 16.6. The molecule has 0 bridgehead atoms. The number of imidazole rings is 1. The van der Waals surface area contributed by atoms with Gasteiger partial charge in [0.2, 0.25) is 0 Å². The molecule has 3 rings (SSSR count). The number of fused-ring (bicyclic) bond motifs is 1. The Morgan fingerprint density at radius 1 is 1.44 bits per heavy atom. The van der Waals surface area contributed by atoms with E-state index >= 15 is 0 Å². The van der Waals surface area contributed by atoms with Crippen molar-refractivity contribution in [2.24, 2.45) is 7.05 Å². The first-order valence-corrected chi connectivity index (χ1v) is 5.30. The van der Waals surface area contributed by atoms with Gasteiger partial charge in [0, 0.05) is 26.1 Å². The fourth-order valence-corrected chi connectivity index (χ4v) is 2.26. The fourth-order valence-electron chi connectivity index (χ4n) is 2.26. The van der Waals surface area contributed by atoms with Crippen molar-refractivity contribution >= 4 is 11.0 Å². The minimum Gasteiger partial charge on any atom is -0.424 e. The van der Waals surface area contributed by atoms with E-state index in [0.29, 0.717) is 16.2 Å². The van der Waals surface area contributed by atoms with Crippen LogP contribution in [0.2, 0.25) is 0 Å². The molecule has 1 aliphatic rings. The van der Waals surface area contributed by atoms with E-state index in [1.54, 1.807) is 13.1 Å². The Hall–Kier alpha value is -1.75. The molecular formula is C11H13N3O2. The summed E-state index contributed by atoms with van der Waals surface area (Å²) in [6.07, 6.45) is 0. The zero-order valence-electron chi connectivity index (χ0n) is 8.97. The molecule has 0 amide bonds. The summed E-state index contributed by atoms with van der Waals surface area (Å²) in [5.41, 5.74) is 2.15. The second kappa shape index (κ2) is 3.12. The van der Waals surface area contributed by atoms with Gasteiger partial charge in [0.15, 0.2) is 0 Å². The second-order valence-electron chi connectivity index (χ2n) is 4.22. The lowest BCUT2D eigenvalue weighted by molar-refractivity contribution is 0.185. The summed E-state index contributed by atoms with van der Waals surface area (Å²) in [5.74, 6) is 0.441. The standard InChI is InChI=1S/C11H13N3O2/c1-13-10-8(7-5-12-6-7)3-2-4-9(10)14(16)11(13)15/h2-4,7,12,16H,5-6H2,1H3. The molecule has 84 valence electrons. The van der Waals surface area contributed by atoms with Crippen molar-refractivity contribution in [3.8, 4) is 0 Å². The average molecular weight is 219 g/mol. The Morgan fingerprint density at radius 2 is 2.19 bits per heavy atom. The van der Waals surface area contributed by atoms with E-state index in [2.05, 4.69) is 5.32 Å². The van der Waals surface area contributed by atoms with Crippen LogP contribution in [0.3, 0.4) is 0 Å². The van der Waals surface area contributed by atoms with E-state index in [0.717, 1.165) is 24.2 Å². The Kier molecular flexibility index (Phi) is 1.85. The minimum absolute atomic E-state index is 0.394. The smallest absolute Gasteiger partial charge is 0.361 e. The third kappa shape index (κ3) is 1.06. The largest absolute Gasteiger partial charge is 0.424 e. The van der Waals surface area contributed by atoms with Gasteiger partial charge in [-0.2, -0.15) is 0 Å². The van der Waals surface area contributed by atoms with Gasteiger partial charge in [-0.3, -0.25) is 4.57 Å². The first-order chi connectivity index (χ1) is 7.70. The van der Waals surface area contributed by atoms with Crippen molar-refractivity contribution in [1.82, 2.24) is 14.6 Å². The maximum atomic E-state index is 11.6. The van der Waals surface area contributed by atoms with Crippen LogP contribution < -0.4 is 11.0 Å². The highest BCUT2D eigenvalue weighted by atomic mass is 16.5. The molecule has 0 spiro atoms. The van der Waals surface area contributed by atoms with Crippen LogP contribution in [0.25, 0.3) is 11.0 Å². The van der Waals surface area contributed by atoms with Gasteiger partial charge in [-0.15, -0.1) is 4.73 Å². The summed E-state index contributed by atoms with van der Waals surface area (Å²) in [6, 6.07) is 5.65. The monoisotopic (exact) mass is 219 g/mol. The molecule has 0 atom stereocenters. The van der Waals surface area contributed by atoms with Gasteiger partial charge in [-0.05, 0) is 11.6 Å². The molecule has 16 heavy (non-hydrogen) atoms. The van der Waals surface area contributed by atoms with Crippen molar-refractivity contribution in [1.29, 1.82) is 0 Å². The van der Waals surface area contributed by atoms with Crippen LogP contribution in [0.15, 0.2) is 23.0 Å². The number of para-hydroxylation sites is 1. The van der Waals surface area contributed by atoms with Crippen molar-refractivity contribution in [3.63, 3.8) is 0 Å². The van der Waals surface area contributed by atoms with Crippen LogP contribution >= 0.6 is 0 Å². The highest BCUT2D eigenvalue weighted by Gasteiger charge is 2.23. The van der Waals surface area contributed by atoms with Crippen molar-refractivity contribution < 1.29 is 5.21 Å². The molecule has 2 aromatic rings. The van der Waals surface area contributed by atoms with Gasteiger partial charge < -0.3 is 10.5 Å². The van der Waals surface area contributed by atoms with Gasteiger partial charge in [0.25, 0.3) is 0 Å². The summed E-state index contributed by atoms with van der Waals surface area (Å²) in [7, 11) is 1.69. The molecule has 0 radical (unpaired) electrons. The van der Waals surface area contributed by atoms with Gasteiger partial charge in [-0.1, -0.05) is 12.1 Å². The number of aryl methyl sites for hydroxylation is 1. The topological polar surface area (TPSA) is 59.2 Å². The van der Waals surface area contributed by atoms with E-state index in [1.807, 2.05) is 12.1 Å². The van der Waals surface area contributed by atoms with Gasteiger partial charge in [0.1, 0.15) is 5.52 Å². The van der Waals surface area contributed by atoms with E-state index < -0.39 is 5.69 Å². The third-order valence-electron chi connectivity index (χ3n) is 3.30. The number of benzene rings is 1. The molecule has 2 heterocycles. The molecule has 5 nitrogen and oxygen atoms in total. The summed E-state index contributed by atoms with van der Waals surface area (Å²) < 4.78 is 2.22. The predicted octanol–water partition coefficient (Wildman–Crippen LogP) is 0.264. The quantitative estimate of drug-likeness (QED) is 0.677. The van der Waals surface area contributed by atoms with Gasteiger partial charge in [0.05, 0.1) is 5.52 Å². The number of nitrogens with zero attached hydrogens (tertiary/aromatic N) is 2. The second-order valence-corrected chi connectivity index (χ2v) is 4.22. The molecule has 2 N–H and O–H groups in total. The molecule has 1 aromatic heterocycles. The van der Waals surface area contributed by atoms with Crippen LogP contribution in [-0.2, 0) is 7.05 Å². The molecule has 5 heteroatoms. The van der Waals surface area contributed by atoms with Crippen molar-refractivity contribution in [2.45, 2.75) is 5.92 Å². The van der Waals surface area contributed by atoms with Crippen LogP contribution in [0.4, 0.5) is 0 Å². The maximum absolute atomic E-state index is 11.6. The Morgan fingerprint density at radius 3 is 2.81 bits per heavy atom. The number of hydrogen-bond acceptors (Lipinski definition) is 3. The number of hydrogen-bond donors (Lipinski definition) is 2. The SMILES string of the molecule is Cn1c(=O)n(O)c2cccc(C3CNC3)c21. The third-order valence-corrected chi connectivity index (χ3v) is 3.30. The Labute approximate surface area is 91.9 Å². The number of rotatable bonds is 1. The summed E-state index contributed by atoms with van der Waals surface area (Å²) in [4.78, 5) is 11.6. The highest BCUT2D eigenvalue weighted by molar-refractivity contribution is 5.80. The average Bonchev–Trinajstić information content (AvgIpc) is 2.43. The molecule has 1 aliphatic heterocycles. The zero-order chi connectivity index (χ0) is 11.3. The molecule has 1 aromatic carbocycles. The Balaban J connectivity index is 2.37. The lowest BCUT2D eigenvalue weighted by atomic mass is 9.92. The van der Waals surface area contributed by atoms with Crippen LogP contribution in [-0.4, -0.2) is 27.6 Å². The molecule has 0 saturated carbocycles. The number of nitrogens with one attached hydrogen (secondary N) is 1. The first kappa shape index (κ1) is 9.47. The van der Waals surface area contributed by atoms with Crippen molar-refractivity contribution in [3.05, 3.63) is 34.2 Å². The van der Waals surface area contributed by atoms with E-state index in [9.17, 15) is 10.0 Å². The summed E-state index contributed by atoms with van der Waals surface area (Å²) in [6.45, 7) is 1.87. The van der Waals surface area contributed by atoms with Crippen LogP contribution in [0, 0.1) is 0 Å². The predicted molar refractivity (Wildman–Crippen MR) is 60.0 cm³/mol. The number of aromatic nitrogens is 2. The Bertz CT molecular complexity index is 607. The zero-order valence-corrected chi connectivity index (χ0v) is 8.97. The molecular weight excluding hydrogens is 206 g/mol. The van der Waals surface area contributed by atoms with Gasteiger partial charge in [-0.25, -0.2) is 4.79 Å². The van der Waals surface area contributed by atoms with E-state index in [1.165, 1.54) is 4.57 Å². The van der Waals surface area contributed by atoms with E-state index in [-0.39, 0.29) is 0 Å². The highest BCUT2D eigenvalue weighted by Crippen LogP contribution is 2.26. The fraction of sp³-hybridized carbons (Fsp3) is 0.364. The van der Waals surface area contributed by atoms with Crippen LogP contribution in [0.1, 0.15) is 11.5 Å². The summed E-state index contributed by atoms with van der Waals surface area (Å²) >= 11 is 0. The molecule has 0 unspecified atom stereocenters. The van der Waals surface area contributed by atoms with Crippen LogP contribution in [0.5, 0.6) is 0 Å². The maximum Gasteiger partial charge on any atom is 0.361 e. The lowest BCUT2D eigenvalue weighted by Crippen LogP contribution is -2.40. The van der Waals surface area contributed by atoms with Gasteiger partial charge >= 0.3 is 5.69 Å². The summed E-state index contributed by atoms with van der Waals surface area (Å²) in [5, 5.41) is 12.9. The van der Waals surface area contributed by atoms with E-state index in [4.69, 9.17) is 0 Å². The molecule has 0 aliphatic carbocycles.